The first-order valence-corrected chi connectivity index (χ1v) is 9.96. The fraction of sp³-hybridized carbons (Fsp3) is 0.368. The van der Waals surface area contributed by atoms with Gasteiger partial charge in [-0.3, -0.25) is 4.90 Å². The summed E-state index contributed by atoms with van der Waals surface area (Å²) in [4.78, 5) is 3.95. The molecule has 1 aromatic carbocycles. The number of thiophene rings is 1. The van der Waals surface area contributed by atoms with Crippen LogP contribution in [-0.4, -0.2) is 32.9 Å². The average molecular weight is 387 g/mol. The predicted octanol–water partition coefficient (Wildman–Crippen LogP) is 4.26. The van der Waals surface area contributed by atoms with Crippen molar-refractivity contribution in [2.45, 2.75) is 26.1 Å². The second-order valence-electron chi connectivity index (χ2n) is 6.57. The largest absolute Gasteiger partial charge is 0.497 e. The van der Waals surface area contributed by atoms with E-state index in [1.54, 1.807) is 7.11 Å². The van der Waals surface area contributed by atoms with E-state index in [0.29, 0.717) is 12.7 Å². The molecule has 0 amide bonds. The number of nitrogens with zero attached hydrogens (tertiary/aromatic N) is 4. The van der Waals surface area contributed by atoms with Crippen molar-refractivity contribution in [1.82, 2.24) is 19.2 Å². The summed E-state index contributed by atoms with van der Waals surface area (Å²) in [6.07, 6.45) is 1.10. The first-order chi connectivity index (χ1) is 12.6. The summed E-state index contributed by atoms with van der Waals surface area (Å²) >= 11 is 7.51. The van der Waals surface area contributed by atoms with Crippen LogP contribution >= 0.6 is 23.6 Å². The summed E-state index contributed by atoms with van der Waals surface area (Å²) in [5.74, 6) is 1.71. The zero-order chi connectivity index (χ0) is 18.3. The lowest BCUT2D eigenvalue weighted by molar-refractivity contribution is 0.144. The lowest BCUT2D eigenvalue weighted by atomic mass is 10.0. The van der Waals surface area contributed by atoms with Gasteiger partial charge in [-0.15, -0.1) is 11.3 Å². The van der Waals surface area contributed by atoms with E-state index < -0.39 is 0 Å². The summed E-state index contributed by atoms with van der Waals surface area (Å²) in [6.45, 7) is 4.01. The van der Waals surface area contributed by atoms with Gasteiger partial charge in [0.25, 0.3) is 0 Å². The number of ether oxygens (including phenoxy) is 1. The Bertz CT molecular complexity index is 970. The van der Waals surface area contributed by atoms with Crippen LogP contribution < -0.4 is 4.74 Å². The molecular formula is C19H22N4OS2. The van der Waals surface area contributed by atoms with Gasteiger partial charge in [0.15, 0.2) is 10.6 Å². The Morgan fingerprint density at radius 2 is 2.04 bits per heavy atom. The minimum atomic E-state index is 0.387. The molecule has 3 aromatic rings. The SMILES string of the molecule is COc1ccc(-c2nn(CN3CCc4sccc4[C@@H]3C)c(=S)n2C)cc1. The van der Waals surface area contributed by atoms with Gasteiger partial charge in [0, 0.05) is 30.1 Å². The molecule has 136 valence electrons. The number of fused-ring (bicyclic) bond motifs is 1. The van der Waals surface area contributed by atoms with Gasteiger partial charge in [-0.1, -0.05) is 0 Å². The Kier molecular flexibility index (Phi) is 4.69. The number of aromatic nitrogens is 3. The van der Waals surface area contributed by atoms with Crippen LogP contribution in [0, 0.1) is 4.77 Å². The second kappa shape index (κ2) is 6.98. The summed E-state index contributed by atoms with van der Waals surface area (Å²) < 4.78 is 9.88. The highest BCUT2D eigenvalue weighted by molar-refractivity contribution is 7.71. The molecule has 0 fully saturated rings. The minimum absolute atomic E-state index is 0.387. The van der Waals surface area contributed by atoms with E-state index in [1.807, 2.05) is 51.9 Å². The molecule has 5 nitrogen and oxygen atoms in total. The molecule has 1 atom stereocenters. The van der Waals surface area contributed by atoms with Crippen LogP contribution in [-0.2, 0) is 20.1 Å². The number of benzene rings is 1. The zero-order valence-electron chi connectivity index (χ0n) is 15.2. The fourth-order valence-electron chi connectivity index (χ4n) is 3.50. The third-order valence-electron chi connectivity index (χ3n) is 5.11. The molecule has 0 radical (unpaired) electrons. The maximum absolute atomic E-state index is 5.65. The topological polar surface area (TPSA) is 35.2 Å². The molecular weight excluding hydrogens is 364 g/mol. The summed E-state index contributed by atoms with van der Waals surface area (Å²) in [6, 6.07) is 10.6. The number of methoxy groups -OCH3 is 1. The van der Waals surface area contributed by atoms with Crippen LogP contribution in [0.1, 0.15) is 23.4 Å². The van der Waals surface area contributed by atoms with Crippen molar-refractivity contribution in [1.29, 1.82) is 0 Å². The molecule has 0 N–H and O–H groups in total. The van der Waals surface area contributed by atoms with E-state index in [4.69, 9.17) is 22.1 Å². The zero-order valence-corrected chi connectivity index (χ0v) is 16.8. The molecule has 0 unspecified atom stereocenters. The molecule has 0 bridgehead atoms. The molecule has 7 heteroatoms. The molecule has 3 heterocycles. The van der Waals surface area contributed by atoms with Gasteiger partial charge in [-0.25, -0.2) is 4.68 Å². The number of hydrogen-bond donors (Lipinski definition) is 0. The van der Waals surface area contributed by atoms with Crippen LogP contribution in [0.25, 0.3) is 11.4 Å². The number of hydrogen-bond acceptors (Lipinski definition) is 5. The molecule has 0 spiro atoms. The highest BCUT2D eigenvalue weighted by Crippen LogP contribution is 2.33. The van der Waals surface area contributed by atoms with E-state index in [9.17, 15) is 0 Å². The van der Waals surface area contributed by atoms with Crippen LogP contribution in [0.3, 0.4) is 0 Å². The van der Waals surface area contributed by atoms with Gasteiger partial charge in [0.1, 0.15) is 5.75 Å². The molecule has 1 aliphatic heterocycles. The first-order valence-electron chi connectivity index (χ1n) is 8.67. The van der Waals surface area contributed by atoms with Crippen molar-refractivity contribution in [3.63, 3.8) is 0 Å². The summed E-state index contributed by atoms with van der Waals surface area (Å²) in [5, 5.41) is 7.00. The fourth-order valence-corrected chi connectivity index (χ4v) is 4.65. The van der Waals surface area contributed by atoms with E-state index in [0.717, 1.165) is 34.9 Å². The van der Waals surface area contributed by atoms with Crippen LogP contribution in [0.4, 0.5) is 0 Å². The lowest BCUT2D eigenvalue weighted by Crippen LogP contribution is -2.35. The molecule has 4 rings (SSSR count). The third-order valence-corrected chi connectivity index (χ3v) is 6.59. The van der Waals surface area contributed by atoms with Crippen molar-refractivity contribution in [3.8, 4) is 17.1 Å². The van der Waals surface area contributed by atoms with Crippen molar-refractivity contribution in [2.24, 2.45) is 7.05 Å². The predicted molar refractivity (Wildman–Crippen MR) is 107 cm³/mol. The molecule has 0 saturated carbocycles. The van der Waals surface area contributed by atoms with E-state index >= 15 is 0 Å². The van der Waals surface area contributed by atoms with Gasteiger partial charge >= 0.3 is 0 Å². The van der Waals surface area contributed by atoms with Crippen molar-refractivity contribution >= 4 is 23.6 Å². The third kappa shape index (κ3) is 3.00. The molecule has 0 aliphatic carbocycles. The molecule has 2 aromatic heterocycles. The van der Waals surface area contributed by atoms with Gasteiger partial charge in [0.2, 0.25) is 0 Å². The molecule has 0 saturated heterocycles. The average Bonchev–Trinajstić information content (AvgIpc) is 3.25. The lowest BCUT2D eigenvalue weighted by Gasteiger charge is -2.33. The first kappa shape index (κ1) is 17.5. The second-order valence-corrected chi connectivity index (χ2v) is 7.94. The minimum Gasteiger partial charge on any atom is -0.497 e. The van der Waals surface area contributed by atoms with Crippen LogP contribution in [0.5, 0.6) is 5.75 Å². The Morgan fingerprint density at radius 1 is 1.27 bits per heavy atom. The molecule has 1 aliphatic rings. The monoisotopic (exact) mass is 386 g/mol. The smallest absolute Gasteiger partial charge is 0.199 e. The Labute approximate surface area is 162 Å². The maximum atomic E-state index is 5.65. The standard InChI is InChI=1S/C19H22N4OS2/c1-13-16-9-11-26-17(16)8-10-22(13)12-23-19(25)21(2)18(20-23)14-4-6-15(24-3)7-5-14/h4-7,9,11,13H,8,10,12H2,1-3H3/t13-/m0/s1. The van der Waals surface area contributed by atoms with E-state index in [1.165, 1.54) is 10.4 Å². The van der Waals surface area contributed by atoms with Gasteiger partial charge in [0.05, 0.1) is 13.8 Å². The van der Waals surface area contributed by atoms with Gasteiger partial charge in [-0.2, -0.15) is 5.10 Å². The van der Waals surface area contributed by atoms with Crippen molar-refractivity contribution in [2.75, 3.05) is 13.7 Å². The van der Waals surface area contributed by atoms with Crippen molar-refractivity contribution in [3.05, 3.63) is 50.9 Å². The summed E-state index contributed by atoms with van der Waals surface area (Å²) in [7, 11) is 3.64. The Morgan fingerprint density at radius 3 is 2.77 bits per heavy atom. The molecule has 26 heavy (non-hydrogen) atoms. The summed E-state index contributed by atoms with van der Waals surface area (Å²) in [5.41, 5.74) is 2.48. The highest BCUT2D eigenvalue weighted by atomic mass is 32.1. The Hall–Kier alpha value is -1.96. The van der Waals surface area contributed by atoms with Crippen molar-refractivity contribution < 1.29 is 4.74 Å². The van der Waals surface area contributed by atoms with Gasteiger partial charge in [-0.05, 0) is 66.8 Å². The van der Waals surface area contributed by atoms with Gasteiger partial charge < -0.3 is 9.30 Å². The normalized spacial score (nSPS) is 17.3. The Balaban J connectivity index is 1.61. The van der Waals surface area contributed by atoms with E-state index in [2.05, 4.69) is 23.3 Å². The van der Waals surface area contributed by atoms with E-state index in [-0.39, 0.29) is 0 Å². The van der Waals surface area contributed by atoms with Crippen LogP contribution in [0.2, 0.25) is 0 Å². The highest BCUT2D eigenvalue weighted by Gasteiger charge is 2.25. The number of rotatable bonds is 4. The maximum Gasteiger partial charge on any atom is 0.199 e. The van der Waals surface area contributed by atoms with Crippen LogP contribution in [0.15, 0.2) is 35.7 Å². The quantitative estimate of drug-likeness (QED) is 0.628.